The fourth-order valence-electron chi connectivity index (χ4n) is 4.66. The first kappa shape index (κ1) is 22.9. The first-order valence-electron chi connectivity index (χ1n) is 11.2. The lowest BCUT2D eigenvalue weighted by Crippen LogP contribution is -2.40. The minimum Gasteiger partial charge on any atom is -0.412 e. The van der Waals surface area contributed by atoms with E-state index in [4.69, 9.17) is 4.98 Å². The van der Waals surface area contributed by atoms with Crippen LogP contribution < -0.4 is 16.8 Å². The van der Waals surface area contributed by atoms with Gasteiger partial charge in [0.1, 0.15) is 11.0 Å². The molecule has 178 valence electrons. The summed E-state index contributed by atoms with van der Waals surface area (Å²) in [7, 11) is 1.58. The van der Waals surface area contributed by atoms with Gasteiger partial charge in [-0.25, -0.2) is 18.9 Å². The molecule has 0 fully saturated rings. The zero-order chi connectivity index (χ0) is 24.3. The van der Waals surface area contributed by atoms with Gasteiger partial charge in [0.2, 0.25) is 0 Å². The molecule has 0 amide bonds. The maximum absolute atomic E-state index is 14.0. The van der Waals surface area contributed by atoms with E-state index in [0.29, 0.717) is 22.3 Å². The number of pyridine rings is 2. The molecule has 0 aliphatic heterocycles. The molecule has 0 aliphatic carbocycles. The van der Waals surface area contributed by atoms with Crippen molar-refractivity contribution in [2.45, 2.75) is 6.92 Å². The summed E-state index contributed by atoms with van der Waals surface area (Å²) >= 11 is 0. The van der Waals surface area contributed by atoms with Gasteiger partial charge in [-0.05, 0) is 49.4 Å². The summed E-state index contributed by atoms with van der Waals surface area (Å²) in [4.78, 5) is 46.1. The average molecular weight is 479 g/mol. The van der Waals surface area contributed by atoms with Crippen molar-refractivity contribution in [3.05, 3.63) is 122 Å². The van der Waals surface area contributed by atoms with Crippen LogP contribution in [0, 0.1) is 6.92 Å². The summed E-state index contributed by atoms with van der Waals surface area (Å²) in [6, 6.07) is 25.3. The van der Waals surface area contributed by atoms with Crippen LogP contribution in [-0.2, 0) is 7.05 Å². The maximum Gasteiger partial charge on any atom is 0.341 e. The van der Waals surface area contributed by atoms with Gasteiger partial charge in [-0.15, -0.1) is 0 Å². The molecule has 6 aromatic rings. The molecule has 0 spiro atoms. The molecule has 36 heavy (non-hydrogen) atoms. The van der Waals surface area contributed by atoms with Crippen molar-refractivity contribution in [2.24, 2.45) is 7.05 Å². The molecule has 0 saturated carbocycles. The summed E-state index contributed by atoms with van der Waals surface area (Å²) in [5, 5.41) is 1.35. The van der Waals surface area contributed by atoms with Crippen LogP contribution in [-0.4, -0.2) is 24.2 Å². The van der Waals surface area contributed by atoms with E-state index in [2.05, 4.69) is 0 Å². The Balaban J connectivity index is 0.00000267. The van der Waals surface area contributed by atoms with Crippen molar-refractivity contribution in [3.63, 3.8) is 0 Å². The molecule has 3 aromatic heterocycles. The van der Waals surface area contributed by atoms with E-state index in [1.807, 2.05) is 37.3 Å². The Morgan fingerprint density at radius 1 is 0.722 bits per heavy atom. The molecule has 0 saturated heterocycles. The number of nitrogens with zero attached hydrogens (tertiary/aromatic N) is 4. The number of aryl methyl sites for hydroxylation is 2. The van der Waals surface area contributed by atoms with Gasteiger partial charge < -0.3 is 5.48 Å². The largest absolute Gasteiger partial charge is 0.412 e. The first-order chi connectivity index (χ1) is 17.0. The molecular formula is C28H22N4O4. The summed E-state index contributed by atoms with van der Waals surface area (Å²) in [6.07, 6.45) is 0. The molecule has 0 bridgehead atoms. The summed E-state index contributed by atoms with van der Waals surface area (Å²) in [5.74, 6) is 0. The third-order valence-electron chi connectivity index (χ3n) is 6.32. The van der Waals surface area contributed by atoms with Crippen molar-refractivity contribution >= 4 is 32.8 Å². The molecule has 3 heterocycles. The van der Waals surface area contributed by atoms with E-state index in [1.165, 1.54) is 9.13 Å². The van der Waals surface area contributed by atoms with E-state index in [0.717, 1.165) is 15.5 Å². The minimum atomic E-state index is -0.564. The zero-order valence-electron chi connectivity index (χ0n) is 19.6. The van der Waals surface area contributed by atoms with Gasteiger partial charge in [-0.2, -0.15) is 0 Å². The van der Waals surface area contributed by atoms with E-state index < -0.39 is 11.2 Å². The second-order valence-electron chi connectivity index (χ2n) is 8.57. The fourth-order valence-corrected chi connectivity index (χ4v) is 4.66. The van der Waals surface area contributed by atoms with E-state index >= 15 is 0 Å². The molecule has 0 radical (unpaired) electrons. The molecule has 2 N–H and O–H groups in total. The van der Waals surface area contributed by atoms with E-state index in [1.54, 1.807) is 61.6 Å². The van der Waals surface area contributed by atoms with Crippen molar-refractivity contribution in [3.8, 4) is 11.4 Å². The van der Waals surface area contributed by atoms with Crippen molar-refractivity contribution in [2.75, 3.05) is 0 Å². The standard InChI is InChI=1S/C28H20N4O3.H2O/c1-17-13-14-22-18(15-17)16-21-24(29-22)23-25(30(2)26(21)33)31(19-9-5-3-6-10-19)28(35)32(27(23)34)20-11-7-4-8-12-20;/h3-16H,1-2H3;1H2. The van der Waals surface area contributed by atoms with Crippen LogP contribution in [0.5, 0.6) is 0 Å². The Morgan fingerprint density at radius 3 is 1.97 bits per heavy atom. The number of aromatic nitrogens is 4. The van der Waals surface area contributed by atoms with Gasteiger partial charge in [0.05, 0.1) is 27.8 Å². The predicted octanol–water partition coefficient (Wildman–Crippen LogP) is 3.03. The van der Waals surface area contributed by atoms with Crippen LogP contribution in [0.2, 0.25) is 0 Å². The van der Waals surface area contributed by atoms with Gasteiger partial charge in [0, 0.05) is 12.4 Å². The highest BCUT2D eigenvalue weighted by molar-refractivity contribution is 6.06. The monoisotopic (exact) mass is 478 g/mol. The lowest BCUT2D eigenvalue weighted by molar-refractivity contribution is 0.787. The predicted molar refractivity (Wildman–Crippen MR) is 142 cm³/mol. The minimum absolute atomic E-state index is 0. The summed E-state index contributed by atoms with van der Waals surface area (Å²) < 4.78 is 3.91. The second-order valence-corrected chi connectivity index (χ2v) is 8.57. The quantitative estimate of drug-likeness (QED) is 0.281. The number of hydrogen-bond donors (Lipinski definition) is 0. The van der Waals surface area contributed by atoms with Crippen LogP contribution in [0.4, 0.5) is 0 Å². The van der Waals surface area contributed by atoms with Gasteiger partial charge >= 0.3 is 5.69 Å². The smallest absolute Gasteiger partial charge is 0.341 e. The van der Waals surface area contributed by atoms with E-state index in [9.17, 15) is 14.4 Å². The van der Waals surface area contributed by atoms with Gasteiger partial charge in [0.25, 0.3) is 11.1 Å². The van der Waals surface area contributed by atoms with Crippen molar-refractivity contribution in [1.82, 2.24) is 18.7 Å². The summed E-state index contributed by atoms with van der Waals surface area (Å²) in [6.45, 7) is 1.97. The molecule has 0 atom stereocenters. The van der Waals surface area contributed by atoms with Crippen LogP contribution in [0.15, 0.2) is 99.3 Å². The number of rotatable bonds is 2. The molecule has 8 nitrogen and oxygen atoms in total. The molecule has 0 aliphatic rings. The molecule has 0 unspecified atom stereocenters. The van der Waals surface area contributed by atoms with Gasteiger partial charge in [0.15, 0.2) is 0 Å². The van der Waals surface area contributed by atoms with Crippen LogP contribution in [0.3, 0.4) is 0 Å². The van der Waals surface area contributed by atoms with E-state index in [-0.39, 0.29) is 27.6 Å². The van der Waals surface area contributed by atoms with Crippen molar-refractivity contribution in [1.29, 1.82) is 0 Å². The highest BCUT2D eigenvalue weighted by atomic mass is 16.2. The molecular weight excluding hydrogens is 456 g/mol. The van der Waals surface area contributed by atoms with Crippen LogP contribution in [0.25, 0.3) is 44.2 Å². The number of fused-ring (bicyclic) bond motifs is 4. The first-order valence-corrected chi connectivity index (χ1v) is 11.2. The SMILES string of the molecule is Cc1ccc2nc3c(cc2c1)c(=O)n(C)c1c3c(=O)n(-c2ccccc2)c(=O)n1-c1ccccc1.O. The topological polar surface area (TPSA) is 110 Å². The Labute approximate surface area is 204 Å². The molecule has 3 aromatic carbocycles. The van der Waals surface area contributed by atoms with Gasteiger partial charge in [-0.1, -0.05) is 48.0 Å². The third-order valence-corrected chi connectivity index (χ3v) is 6.32. The number of hydrogen-bond acceptors (Lipinski definition) is 4. The Morgan fingerprint density at radius 2 is 1.33 bits per heavy atom. The molecule has 6 rings (SSSR count). The Hall–Kier alpha value is -4.82. The highest BCUT2D eigenvalue weighted by Gasteiger charge is 2.22. The second kappa shape index (κ2) is 8.44. The Kier molecular flexibility index (Phi) is 5.38. The normalized spacial score (nSPS) is 11.2. The lowest BCUT2D eigenvalue weighted by Gasteiger charge is -2.17. The fraction of sp³-hybridized carbons (Fsp3) is 0.0714. The average Bonchev–Trinajstić information content (AvgIpc) is 2.87. The van der Waals surface area contributed by atoms with Crippen LogP contribution in [0.1, 0.15) is 5.56 Å². The van der Waals surface area contributed by atoms with Crippen molar-refractivity contribution < 1.29 is 5.48 Å². The zero-order valence-corrected chi connectivity index (χ0v) is 19.6. The highest BCUT2D eigenvalue weighted by Crippen LogP contribution is 2.24. The number of benzene rings is 3. The molecule has 8 heteroatoms. The third kappa shape index (κ3) is 3.27. The lowest BCUT2D eigenvalue weighted by atomic mass is 10.1. The van der Waals surface area contributed by atoms with Crippen LogP contribution >= 0.6 is 0 Å². The van der Waals surface area contributed by atoms with Gasteiger partial charge in [-0.3, -0.25) is 14.2 Å². The summed E-state index contributed by atoms with van der Waals surface area (Å²) in [5.41, 5.74) is 1.75. The maximum atomic E-state index is 14.0. The Bertz CT molecular complexity index is 1970. The number of para-hydroxylation sites is 2.